The van der Waals surface area contributed by atoms with Crippen molar-refractivity contribution in [2.45, 2.75) is 12.8 Å². The lowest BCUT2D eigenvalue weighted by molar-refractivity contribution is 0.638. The van der Waals surface area contributed by atoms with E-state index in [1.54, 1.807) is 0 Å². The molecule has 0 aromatic heterocycles. The number of halogens is 4. The maximum Gasteiger partial charge on any atom is 0.0135 e. The van der Waals surface area contributed by atoms with Crippen LogP contribution in [0, 0.1) is 0 Å². The molecule has 0 unspecified atom stereocenters. The van der Waals surface area contributed by atoms with Crippen molar-refractivity contribution >= 4 is 49.6 Å². The van der Waals surface area contributed by atoms with Gasteiger partial charge in [-0.05, 0) is 46.1 Å². The number of nitrogens with one attached hydrogen (secondary N) is 4. The molecule has 0 aromatic carbocycles. The Balaban J connectivity index is -0.000000241. The van der Waals surface area contributed by atoms with E-state index in [4.69, 9.17) is 0 Å². The highest BCUT2D eigenvalue weighted by Crippen LogP contribution is 1.76. The summed E-state index contributed by atoms with van der Waals surface area (Å²) < 4.78 is 0. The van der Waals surface area contributed by atoms with E-state index in [1.165, 1.54) is 6.42 Å². The Morgan fingerprint density at radius 2 is 1.09 bits per heavy atom. The highest BCUT2D eigenvalue weighted by molar-refractivity contribution is 5.86. The third kappa shape index (κ3) is 32.4. The number of hydrogen-bond acceptors (Lipinski definition) is 4. The molecule has 0 saturated carbocycles. The first kappa shape index (κ1) is 33.9. The zero-order valence-electron chi connectivity index (χ0n) is 13.4. The average molecular weight is 400 g/mol. The lowest BCUT2D eigenvalue weighted by atomic mass is 10.4. The number of hydrogen-bond donors (Lipinski definition) is 4. The Morgan fingerprint density at radius 1 is 0.682 bits per heavy atom. The summed E-state index contributed by atoms with van der Waals surface area (Å²) in [5.74, 6) is 0. The monoisotopic (exact) mass is 398 g/mol. The molecule has 138 valence electrons. The van der Waals surface area contributed by atoms with Crippen molar-refractivity contribution in [1.29, 1.82) is 0 Å². The lowest BCUT2D eigenvalue weighted by Crippen LogP contribution is -2.22. The van der Waals surface area contributed by atoms with E-state index in [0.29, 0.717) is 0 Å². The normalized spacial score (nSPS) is 9.14. The predicted octanol–water partition coefficient (Wildman–Crippen LogP) is 2.18. The molecule has 0 amide bonds. The second-order valence-electron chi connectivity index (χ2n) is 4.18. The van der Waals surface area contributed by atoms with E-state index in [2.05, 4.69) is 40.0 Å². The van der Waals surface area contributed by atoms with Gasteiger partial charge in [-0.3, -0.25) is 0 Å². The van der Waals surface area contributed by atoms with Crippen molar-refractivity contribution in [3.63, 3.8) is 0 Å². The smallest absolute Gasteiger partial charge is 0.0135 e. The highest BCUT2D eigenvalue weighted by atomic mass is 35.5. The van der Waals surface area contributed by atoms with Gasteiger partial charge in [-0.2, -0.15) is 0 Å². The van der Waals surface area contributed by atoms with Crippen LogP contribution >= 0.6 is 49.6 Å². The fourth-order valence-electron chi connectivity index (χ4n) is 1.47. The molecule has 0 bridgehead atoms. The van der Waals surface area contributed by atoms with Gasteiger partial charge in [-0.25, -0.2) is 0 Å². The Kier molecular flexibility index (Phi) is 51.2. The van der Waals surface area contributed by atoms with Crippen LogP contribution in [0.2, 0.25) is 0 Å². The molecule has 0 radical (unpaired) electrons. The van der Waals surface area contributed by atoms with Gasteiger partial charge in [0, 0.05) is 19.6 Å². The standard InChI is InChI=1S/C14H30N4.4ClH/c1-3-8-16-13-7-14-18-11-5-4-10-17-12-6-9-15-2;;;;/h3-5,15-18H,1,6-14H2,2H3;4*1H/b5-4+;;;;. The van der Waals surface area contributed by atoms with Crippen LogP contribution in [0.25, 0.3) is 0 Å². The molecule has 0 fully saturated rings. The summed E-state index contributed by atoms with van der Waals surface area (Å²) in [6.07, 6.45) is 8.59. The molecule has 4 nitrogen and oxygen atoms in total. The van der Waals surface area contributed by atoms with Crippen LogP contribution in [0.15, 0.2) is 24.8 Å². The zero-order valence-corrected chi connectivity index (χ0v) is 16.7. The fourth-order valence-corrected chi connectivity index (χ4v) is 1.47. The van der Waals surface area contributed by atoms with Crippen molar-refractivity contribution in [2.75, 3.05) is 52.9 Å². The van der Waals surface area contributed by atoms with Crippen molar-refractivity contribution in [3.8, 4) is 0 Å². The van der Waals surface area contributed by atoms with E-state index in [9.17, 15) is 0 Å². The summed E-state index contributed by atoms with van der Waals surface area (Å²) in [4.78, 5) is 0. The van der Waals surface area contributed by atoms with Gasteiger partial charge in [0.25, 0.3) is 0 Å². The van der Waals surface area contributed by atoms with Gasteiger partial charge in [-0.1, -0.05) is 18.2 Å². The van der Waals surface area contributed by atoms with Crippen LogP contribution in [-0.2, 0) is 0 Å². The van der Waals surface area contributed by atoms with Crippen molar-refractivity contribution in [1.82, 2.24) is 21.3 Å². The molecule has 0 aliphatic carbocycles. The first-order valence-corrected chi connectivity index (χ1v) is 6.94. The van der Waals surface area contributed by atoms with Crippen molar-refractivity contribution in [3.05, 3.63) is 24.8 Å². The van der Waals surface area contributed by atoms with Crippen LogP contribution in [0.3, 0.4) is 0 Å². The highest BCUT2D eigenvalue weighted by Gasteiger charge is 1.86. The summed E-state index contributed by atoms with van der Waals surface area (Å²) >= 11 is 0. The van der Waals surface area contributed by atoms with E-state index in [0.717, 1.165) is 52.2 Å². The summed E-state index contributed by atoms with van der Waals surface area (Å²) in [5.41, 5.74) is 0. The maximum absolute atomic E-state index is 3.66. The van der Waals surface area contributed by atoms with Gasteiger partial charge in [-0.15, -0.1) is 56.2 Å². The predicted molar refractivity (Wildman–Crippen MR) is 110 cm³/mol. The summed E-state index contributed by atoms with van der Waals surface area (Å²) in [5, 5.41) is 13.2. The molecule has 22 heavy (non-hydrogen) atoms. The van der Waals surface area contributed by atoms with Gasteiger partial charge in [0.05, 0.1) is 0 Å². The van der Waals surface area contributed by atoms with E-state index in [-0.39, 0.29) is 49.6 Å². The van der Waals surface area contributed by atoms with Gasteiger partial charge < -0.3 is 21.3 Å². The van der Waals surface area contributed by atoms with Crippen LogP contribution in [-0.4, -0.2) is 52.9 Å². The minimum Gasteiger partial charge on any atom is -0.320 e. The second-order valence-corrected chi connectivity index (χ2v) is 4.18. The third-order valence-corrected chi connectivity index (χ3v) is 2.47. The summed E-state index contributed by atoms with van der Waals surface area (Å²) in [6.45, 7) is 10.8. The number of rotatable bonds is 14. The molecule has 0 aliphatic heterocycles. The molecular weight excluding hydrogens is 366 g/mol. The van der Waals surface area contributed by atoms with Gasteiger partial charge in [0.2, 0.25) is 0 Å². The molecule has 0 heterocycles. The van der Waals surface area contributed by atoms with E-state index < -0.39 is 0 Å². The first-order chi connectivity index (χ1) is 8.91. The third-order valence-electron chi connectivity index (χ3n) is 2.47. The van der Waals surface area contributed by atoms with Gasteiger partial charge >= 0.3 is 0 Å². The van der Waals surface area contributed by atoms with E-state index in [1.807, 2.05) is 13.1 Å². The van der Waals surface area contributed by atoms with Crippen LogP contribution in [0.1, 0.15) is 12.8 Å². The molecule has 0 saturated heterocycles. The SMILES string of the molecule is C=CCNCCCNC/C=C/CNCCCNC.Cl.Cl.Cl.Cl. The molecule has 0 aliphatic rings. The Hall–Kier alpha value is 0.480. The molecule has 0 rings (SSSR count). The topological polar surface area (TPSA) is 48.1 Å². The maximum atomic E-state index is 3.66. The molecule has 8 heteroatoms. The van der Waals surface area contributed by atoms with Gasteiger partial charge in [0.15, 0.2) is 0 Å². The quantitative estimate of drug-likeness (QED) is 0.267. The van der Waals surface area contributed by atoms with Crippen molar-refractivity contribution in [2.24, 2.45) is 0 Å². The van der Waals surface area contributed by atoms with Crippen LogP contribution in [0.5, 0.6) is 0 Å². The molecule has 0 aromatic rings. The average Bonchev–Trinajstić information content (AvgIpc) is 2.39. The molecule has 0 atom stereocenters. The summed E-state index contributed by atoms with van der Waals surface area (Å²) in [7, 11) is 1.98. The van der Waals surface area contributed by atoms with Crippen LogP contribution < -0.4 is 21.3 Å². The largest absolute Gasteiger partial charge is 0.320 e. The fraction of sp³-hybridized carbons (Fsp3) is 0.714. The Bertz CT molecular complexity index is 207. The molecule has 0 spiro atoms. The zero-order chi connectivity index (χ0) is 13.3. The first-order valence-electron chi connectivity index (χ1n) is 6.94. The minimum absolute atomic E-state index is 0. The van der Waals surface area contributed by atoms with Crippen molar-refractivity contribution < 1.29 is 0 Å². The van der Waals surface area contributed by atoms with Crippen LogP contribution in [0.4, 0.5) is 0 Å². The van der Waals surface area contributed by atoms with Gasteiger partial charge in [0.1, 0.15) is 0 Å². The Morgan fingerprint density at radius 3 is 1.50 bits per heavy atom. The minimum atomic E-state index is 0. The molecule has 4 N–H and O–H groups in total. The summed E-state index contributed by atoms with van der Waals surface area (Å²) in [6, 6.07) is 0. The lowest BCUT2D eigenvalue weighted by Gasteiger charge is -2.03. The Labute approximate surface area is 161 Å². The van der Waals surface area contributed by atoms with E-state index >= 15 is 0 Å². The molecular formula is C14H34Cl4N4. The second kappa shape index (κ2) is 33.2.